The number of rotatable bonds is 2. The molecule has 134 valence electrons. The average Bonchev–Trinajstić information content (AvgIpc) is 2.53. The van der Waals surface area contributed by atoms with Gasteiger partial charge in [0.15, 0.2) is 0 Å². The molecule has 1 saturated heterocycles. The standard InChI is InChI=1S/C17H26N2O4S/c1-13-12-14(17(2,3)4)6-7-15(13)24(21,22)19-10-8-18(9-11-19)16(20)23-5/h6-7,12H,8-11H2,1-5H3. The van der Waals surface area contributed by atoms with Crippen molar-refractivity contribution in [1.82, 2.24) is 9.21 Å². The van der Waals surface area contributed by atoms with Crippen LogP contribution in [0.3, 0.4) is 0 Å². The van der Waals surface area contributed by atoms with Gasteiger partial charge in [0.1, 0.15) is 0 Å². The maximum Gasteiger partial charge on any atom is 0.409 e. The topological polar surface area (TPSA) is 66.9 Å². The summed E-state index contributed by atoms with van der Waals surface area (Å²) in [6, 6.07) is 5.51. The number of piperazine rings is 1. The lowest BCUT2D eigenvalue weighted by atomic mass is 9.86. The molecule has 0 N–H and O–H groups in total. The number of aryl methyl sites for hydroxylation is 1. The van der Waals surface area contributed by atoms with Crippen LogP contribution in [0.1, 0.15) is 31.9 Å². The maximum absolute atomic E-state index is 12.9. The number of benzene rings is 1. The molecule has 1 aromatic carbocycles. The average molecular weight is 354 g/mol. The second-order valence-corrected chi connectivity index (χ2v) is 9.00. The van der Waals surface area contributed by atoms with Crippen LogP contribution in [-0.4, -0.2) is 57.0 Å². The fourth-order valence-corrected chi connectivity index (χ4v) is 4.41. The maximum atomic E-state index is 12.9. The van der Waals surface area contributed by atoms with Crippen molar-refractivity contribution in [3.63, 3.8) is 0 Å². The quantitative estimate of drug-likeness (QED) is 0.818. The van der Waals surface area contributed by atoms with Crippen LogP contribution in [0.15, 0.2) is 23.1 Å². The largest absolute Gasteiger partial charge is 0.453 e. The van der Waals surface area contributed by atoms with E-state index < -0.39 is 16.1 Å². The molecule has 0 aliphatic carbocycles. The fraction of sp³-hybridized carbons (Fsp3) is 0.588. The van der Waals surface area contributed by atoms with Crippen LogP contribution in [0, 0.1) is 6.92 Å². The number of sulfonamides is 1. The lowest BCUT2D eigenvalue weighted by Gasteiger charge is -2.33. The number of hydrogen-bond acceptors (Lipinski definition) is 4. The summed E-state index contributed by atoms with van der Waals surface area (Å²) < 4.78 is 31.9. The molecule has 24 heavy (non-hydrogen) atoms. The van der Waals surface area contributed by atoms with Crippen LogP contribution in [0.2, 0.25) is 0 Å². The molecule has 0 bridgehead atoms. The predicted octanol–water partition coefficient (Wildman–Crippen LogP) is 2.37. The third-order valence-corrected chi connectivity index (χ3v) is 6.39. The van der Waals surface area contributed by atoms with Gasteiger partial charge in [-0.15, -0.1) is 0 Å². The van der Waals surface area contributed by atoms with Crippen molar-refractivity contribution < 1.29 is 17.9 Å². The fourth-order valence-electron chi connectivity index (χ4n) is 2.78. The van der Waals surface area contributed by atoms with E-state index in [-0.39, 0.29) is 18.5 Å². The molecule has 0 radical (unpaired) electrons. The molecule has 1 heterocycles. The molecule has 1 amide bonds. The van der Waals surface area contributed by atoms with Crippen LogP contribution in [-0.2, 0) is 20.2 Å². The SMILES string of the molecule is COC(=O)N1CCN(S(=O)(=O)c2ccc(C(C)(C)C)cc2C)CC1. The zero-order valence-corrected chi connectivity index (χ0v) is 15.8. The molecule has 6 nitrogen and oxygen atoms in total. The summed E-state index contributed by atoms with van der Waals surface area (Å²) in [6.07, 6.45) is -0.419. The van der Waals surface area contributed by atoms with E-state index in [1.54, 1.807) is 6.07 Å². The van der Waals surface area contributed by atoms with Crippen molar-refractivity contribution in [3.05, 3.63) is 29.3 Å². The van der Waals surface area contributed by atoms with Gasteiger partial charge in [-0.1, -0.05) is 32.9 Å². The highest BCUT2D eigenvalue weighted by Gasteiger charge is 2.31. The summed E-state index contributed by atoms with van der Waals surface area (Å²) in [6.45, 7) is 9.35. The molecule has 2 rings (SSSR count). The van der Waals surface area contributed by atoms with Gasteiger partial charge in [-0.05, 0) is 29.5 Å². The predicted molar refractivity (Wildman–Crippen MR) is 92.6 cm³/mol. The van der Waals surface area contributed by atoms with Gasteiger partial charge in [0.2, 0.25) is 10.0 Å². The highest BCUT2D eigenvalue weighted by atomic mass is 32.2. The molecular weight excluding hydrogens is 328 g/mol. The third kappa shape index (κ3) is 3.72. The normalized spacial score (nSPS) is 17.0. The second-order valence-electron chi connectivity index (χ2n) is 7.09. The number of methoxy groups -OCH3 is 1. The summed E-state index contributed by atoms with van der Waals surface area (Å²) in [5.41, 5.74) is 1.83. The molecule has 0 aromatic heterocycles. The molecule has 1 aromatic rings. The van der Waals surface area contributed by atoms with Crippen LogP contribution in [0.4, 0.5) is 4.79 Å². The van der Waals surface area contributed by atoms with Gasteiger partial charge < -0.3 is 9.64 Å². The Morgan fingerprint density at radius 2 is 1.71 bits per heavy atom. The molecule has 1 aliphatic heterocycles. The van der Waals surface area contributed by atoms with E-state index in [0.717, 1.165) is 11.1 Å². The van der Waals surface area contributed by atoms with Gasteiger partial charge in [0.25, 0.3) is 0 Å². The van der Waals surface area contributed by atoms with E-state index in [2.05, 4.69) is 25.5 Å². The van der Waals surface area contributed by atoms with Gasteiger partial charge in [-0.25, -0.2) is 13.2 Å². The third-order valence-electron chi connectivity index (χ3n) is 4.33. The Balaban J connectivity index is 2.21. The van der Waals surface area contributed by atoms with Gasteiger partial charge >= 0.3 is 6.09 Å². The van der Waals surface area contributed by atoms with Gasteiger partial charge in [-0.2, -0.15) is 4.31 Å². The first-order valence-electron chi connectivity index (χ1n) is 8.01. The van der Waals surface area contributed by atoms with Crippen molar-refractivity contribution in [2.45, 2.75) is 38.0 Å². The monoisotopic (exact) mass is 354 g/mol. The zero-order chi connectivity index (χ0) is 18.1. The van der Waals surface area contributed by atoms with E-state index in [1.807, 2.05) is 19.1 Å². The molecule has 0 saturated carbocycles. The Labute approximate surface area is 144 Å². The van der Waals surface area contributed by atoms with Crippen molar-refractivity contribution in [1.29, 1.82) is 0 Å². The first-order chi connectivity index (χ1) is 11.1. The lowest BCUT2D eigenvalue weighted by molar-refractivity contribution is 0.108. The number of carbonyl (C=O) groups excluding carboxylic acids is 1. The first-order valence-corrected chi connectivity index (χ1v) is 9.45. The number of hydrogen-bond donors (Lipinski definition) is 0. The van der Waals surface area contributed by atoms with Crippen LogP contribution >= 0.6 is 0 Å². The Morgan fingerprint density at radius 3 is 2.17 bits per heavy atom. The Morgan fingerprint density at radius 1 is 1.12 bits per heavy atom. The molecule has 0 unspecified atom stereocenters. The first kappa shape index (κ1) is 18.7. The molecular formula is C17H26N2O4S. The van der Waals surface area contributed by atoms with Crippen molar-refractivity contribution in [2.75, 3.05) is 33.3 Å². The summed E-state index contributed by atoms with van der Waals surface area (Å²) in [4.78, 5) is 13.4. The lowest BCUT2D eigenvalue weighted by Crippen LogP contribution is -2.50. The number of ether oxygens (including phenoxy) is 1. The van der Waals surface area contributed by atoms with E-state index in [9.17, 15) is 13.2 Å². The van der Waals surface area contributed by atoms with E-state index in [4.69, 9.17) is 0 Å². The number of amides is 1. The smallest absolute Gasteiger partial charge is 0.409 e. The molecule has 0 atom stereocenters. The van der Waals surface area contributed by atoms with Crippen molar-refractivity contribution in [2.24, 2.45) is 0 Å². The number of nitrogens with zero attached hydrogens (tertiary/aromatic N) is 2. The highest BCUT2D eigenvalue weighted by Crippen LogP contribution is 2.28. The molecule has 0 spiro atoms. The Kier molecular flexibility index (Phi) is 5.25. The summed E-state index contributed by atoms with van der Waals surface area (Å²) in [5.74, 6) is 0. The van der Waals surface area contributed by atoms with Gasteiger partial charge in [-0.3, -0.25) is 0 Å². The summed E-state index contributed by atoms with van der Waals surface area (Å²) in [5, 5.41) is 0. The Bertz CT molecular complexity index is 715. The van der Waals surface area contributed by atoms with E-state index in [0.29, 0.717) is 18.0 Å². The van der Waals surface area contributed by atoms with Gasteiger partial charge in [0, 0.05) is 26.2 Å². The van der Waals surface area contributed by atoms with Crippen LogP contribution in [0.5, 0.6) is 0 Å². The minimum atomic E-state index is -3.56. The zero-order valence-electron chi connectivity index (χ0n) is 15.0. The van der Waals surface area contributed by atoms with Gasteiger partial charge in [0.05, 0.1) is 12.0 Å². The van der Waals surface area contributed by atoms with Crippen molar-refractivity contribution >= 4 is 16.1 Å². The summed E-state index contributed by atoms with van der Waals surface area (Å²) >= 11 is 0. The van der Waals surface area contributed by atoms with E-state index in [1.165, 1.54) is 16.3 Å². The molecule has 1 aliphatic rings. The number of carbonyl (C=O) groups is 1. The van der Waals surface area contributed by atoms with Crippen molar-refractivity contribution in [3.8, 4) is 0 Å². The molecule has 1 fully saturated rings. The second kappa shape index (κ2) is 6.72. The minimum absolute atomic E-state index is 0.0286. The Hall–Kier alpha value is -1.60. The highest BCUT2D eigenvalue weighted by molar-refractivity contribution is 7.89. The van der Waals surface area contributed by atoms with E-state index >= 15 is 0 Å². The van der Waals surface area contributed by atoms with Crippen LogP contribution < -0.4 is 0 Å². The summed E-state index contributed by atoms with van der Waals surface area (Å²) in [7, 11) is -2.23. The minimum Gasteiger partial charge on any atom is -0.453 e. The van der Waals surface area contributed by atoms with Crippen LogP contribution in [0.25, 0.3) is 0 Å². The molecule has 7 heteroatoms.